The van der Waals surface area contributed by atoms with Gasteiger partial charge >= 0.3 is 0 Å². The van der Waals surface area contributed by atoms with Crippen LogP contribution in [-0.4, -0.2) is 12.6 Å². The van der Waals surface area contributed by atoms with E-state index in [0.29, 0.717) is 23.9 Å². The van der Waals surface area contributed by atoms with Gasteiger partial charge in [0.25, 0.3) is 0 Å². The number of hydrogen-bond acceptors (Lipinski definition) is 1. The molecule has 0 aliphatic carbocycles. The van der Waals surface area contributed by atoms with E-state index in [9.17, 15) is 8.78 Å². The largest absolute Gasteiger partial charge is 0.314 e. The summed E-state index contributed by atoms with van der Waals surface area (Å²) in [5, 5.41) is 3.38. The molecule has 1 nitrogen and oxygen atoms in total. The topological polar surface area (TPSA) is 12.0 Å². The van der Waals surface area contributed by atoms with Gasteiger partial charge in [-0.1, -0.05) is 13.8 Å². The van der Waals surface area contributed by atoms with Crippen LogP contribution < -0.4 is 5.32 Å². The molecule has 0 saturated carbocycles. The summed E-state index contributed by atoms with van der Waals surface area (Å²) in [6.07, 6.45) is 2.98. The third-order valence-electron chi connectivity index (χ3n) is 3.01. The van der Waals surface area contributed by atoms with Crippen LogP contribution in [0.1, 0.15) is 39.2 Å². The predicted octanol–water partition coefficient (Wildman–Crippen LogP) is 3.92. The van der Waals surface area contributed by atoms with Crippen LogP contribution in [0.15, 0.2) is 18.2 Å². The minimum atomic E-state index is -0.502. The van der Waals surface area contributed by atoms with Crippen molar-refractivity contribution in [2.75, 3.05) is 6.54 Å². The van der Waals surface area contributed by atoms with E-state index in [-0.39, 0.29) is 0 Å². The van der Waals surface area contributed by atoms with Crippen molar-refractivity contribution in [1.29, 1.82) is 0 Å². The molecule has 1 unspecified atom stereocenters. The number of nitrogens with one attached hydrogen (secondary N) is 1. The molecule has 0 bridgehead atoms. The molecule has 0 fully saturated rings. The van der Waals surface area contributed by atoms with Crippen LogP contribution in [0, 0.1) is 17.6 Å². The molecule has 0 aliphatic rings. The first kappa shape index (κ1) is 15.1. The number of hydrogen-bond donors (Lipinski definition) is 1. The number of halogens is 2. The second-order valence-electron chi connectivity index (χ2n) is 5.35. The van der Waals surface area contributed by atoms with Crippen LogP contribution in [0.5, 0.6) is 0 Å². The van der Waals surface area contributed by atoms with E-state index in [1.807, 2.05) is 0 Å². The van der Waals surface area contributed by atoms with Crippen LogP contribution >= 0.6 is 0 Å². The Morgan fingerprint density at radius 3 is 2.17 bits per heavy atom. The molecule has 0 saturated heterocycles. The Morgan fingerprint density at radius 2 is 1.61 bits per heavy atom. The lowest BCUT2D eigenvalue weighted by atomic mass is 10.0. The van der Waals surface area contributed by atoms with Crippen LogP contribution in [0.4, 0.5) is 8.78 Å². The van der Waals surface area contributed by atoms with Gasteiger partial charge in [0.1, 0.15) is 11.6 Å². The van der Waals surface area contributed by atoms with Crippen molar-refractivity contribution in [2.24, 2.45) is 5.92 Å². The molecule has 0 amide bonds. The quantitative estimate of drug-likeness (QED) is 0.778. The van der Waals surface area contributed by atoms with Crippen molar-refractivity contribution in [3.63, 3.8) is 0 Å². The Morgan fingerprint density at radius 1 is 1.00 bits per heavy atom. The molecule has 1 atom stereocenters. The van der Waals surface area contributed by atoms with Crippen LogP contribution in [-0.2, 0) is 6.42 Å². The van der Waals surface area contributed by atoms with Gasteiger partial charge in [0, 0.05) is 12.1 Å². The first-order chi connectivity index (χ1) is 8.47. The maximum atomic E-state index is 13.0. The lowest BCUT2D eigenvalue weighted by Gasteiger charge is -2.15. The molecule has 0 spiro atoms. The van der Waals surface area contributed by atoms with Gasteiger partial charge in [-0.3, -0.25) is 0 Å². The lowest BCUT2D eigenvalue weighted by Crippen LogP contribution is -2.28. The summed E-state index contributed by atoms with van der Waals surface area (Å²) in [4.78, 5) is 0. The minimum Gasteiger partial charge on any atom is -0.314 e. The molecular formula is C15H23F2N. The summed E-state index contributed by atoms with van der Waals surface area (Å²) in [6.45, 7) is 7.32. The molecule has 1 N–H and O–H groups in total. The van der Waals surface area contributed by atoms with E-state index in [1.165, 1.54) is 18.6 Å². The molecule has 3 heteroatoms. The second-order valence-corrected chi connectivity index (χ2v) is 5.35. The highest BCUT2D eigenvalue weighted by molar-refractivity contribution is 5.18. The van der Waals surface area contributed by atoms with E-state index < -0.39 is 11.6 Å². The van der Waals surface area contributed by atoms with E-state index in [1.54, 1.807) is 0 Å². The van der Waals surface area contributed by atoms with Gasteiger partial charge in [0.2, 0.25) is 0 Å². The summed E-state index contributed by atoms with van der Waals surface area (Å²) in [6, 6.07) is 4.14. The summed E-state index contributed by atoms with van der Waals surface area (Å²) in [5.74, 6) is -0.290. The number of rotatable bonds is 7. The summed E-state index contributed by atoms with van der Waals surface area (Å²) >= 11 is 0. The SMILES string of the molecule is CC(C)CCC(C)NCCc1cc(F)cc(F)c1. The van der Waals surface area contributed by atoms with Crippen molar-refractivity contribution < 1.29 is 8.78 Å². The summed E-state index contributed by atoms with van der Waals surface area (Å²) in [7, 11) is 0. The van der Waals surface area contributed by atoms with Gasteiger partial charge in [-0.2, -0.15) is 0 Å². The average Bonchev–Trinajstić information content (AvgIpc) is 2.25. The van der Waals surface area contributed by atoms with Gasteiger partial charge in [0.05, 0.1) is 0 Å². The zero-order valence-electron chi connectivity index (χ0n) is 11.5. The smallest absolute Gasteiger partial charge is 0.126 e. The van der Waals surface area contributed by atoms with Crippen LogP contribution in [0.25, 0.3) is 0 Å². The normalized spacial score (nSPS) is 13.0. The fraction of sp³-hybridized carbons (Fsp3) is 0.600. The highest BCUT2D eigenvalue weighted by Crippen LogP contribution is 2.09. The Balaban J connectivity index is 2.28. The van der Waals surface area contributed by atoms with Gasteiger partial charge in [0.15, 0.2) is 0 Å². The molecule has 1 aromatic rings. The Bertz CT molecular complexity index is 343. The third kappa shape index (κ3) is 6.10. The Labute approximate surface area is 109 Å². The predicted molar refractivity (Wildman–Crippen MR) is 71.6 cm³/mol. The average molecular weight is 255 g/mol. The Kier molecular flexibility index (Phi) is 6.27. The van der Waals surface area contributed by atoms with E-state index >= 15 is 0 Å². The van der Waals surface area contributed by atoms with E-state index in [0.717, 1.165) is 19.0 Å². The first-order valence-corrected chi connectivity index (χ1v) is 6.65. The molecule has 1 rings (SSSR count). The van der Waals surface area contributed by atoms with Crippen molar-refractivity contribution in [1.82, 2.24) is 5.32 Å². The molecule has 102 valence electrons. The lowest BCUT2D eigenvalue weighted by molar-refractivity contribution is 0.453. The fourth-order valence-electron chi connectivity index (χ4n) is 1.90. The third-order valence-corrected chi connectivity index (χ3v) is 3.01. The minimum absolute atomic E-state index is 0.450. The zero-order chi connectivity index (χ0) is 13.5. The standard InChI is InChI=1S/C15H23F2N/c1-11(2)4-5-12(3)18-7-6-13-8-14(16)10-15(17)9-13/h8-12,18H,4-7H2,1-3H3. The molecule has 0 aromatic heterocycles. The molecular weight excluding hydrogens is 232 g/mol. The van der Waals surface area contributed by atoms with Crippen LogP contribution in [0.2, 0.25) is 0 Å². The monoisotopic (exact) mass is 255 g/mol. The van der Waals surface area contributed by atoms with E-state index in [2.05, 4.69) is 26.1 Å². The first-order valence-electron chi connectivity index (χ1n) is 6.65. The molecule has 18 heavy (non-hydrogen) atoms. The second kappa shape index (κ2) is 7.47. The molecule has 0 radical (unpaired) electrons. The highest BCUT2D eigenvalue weighted by Gasteiger charge is 2.04. The molecule has 0 aliphatic heterocycles. The van der Waals surface area contributed by atoms with E-state index in [4.69, 9.17) is 0 Å². The van der Waals surface area contributed by atoms with Crippen molar-refractivity contribution in [2.45, 2.75) is 46.1 Å². The van der Waals surface area contributed by atoms with Gasteiger partial charge in [-0.25, -0.2) is 8.78 Å². The van der Waals surface area contributed by atoms with Crippen molar-refractivity contribution in [3.8, 4) is 0 Å². The maximum Gasteiger partial charge on any atom is 0.126 e. The van der Waals surface area contributed by atoms with Gasteiger partial charge in [-0.15, -0.1) is 0 Å². The Hall–Kier alpha value is -0.960. The molecule has 0 heterocycles. The van der Waals surface area contributed by atoms with Crippen molar-refractivity contribution in [3.05, 3.63) is 35.4 Å². The van der Waals surface area contributed by atoms with Gasteiger partial charge < -0.3 is 5.32 Å². The maximum absolute atomic E-state index is 13.0. The summed E-state index contributed by atoms with van der Waals surface area (Å²) < 4.78 is 25.9. The fourth-order valence-corrected chi connectivity index (χ4v) is 1.90. The highest BCUT2D eigenvalue weighted by atomic mass is 19.1. The number of benzene rings is 1. The van der Waals surface area contributed by atoms with Crippen molar-refractivity contribution >= 4 is 0 Å². The van der Waals surface area contributed by atoms with Crippen LogP contribution in [0.3, 0.4) is 0 Å². The van der Waals surface area contributed by atoms with Gasteiger partial charge in [-0.05, 0) is 56.3 Å². The molecule has 1 aromatic carbocycles. The summed E-state index contributed by atoms with van der Waals surface area (Å²) in [5.41, 5.74) is 0.705. The zero-order valence-corrected chi connectivity index (χ0v) is 11.5.